The van der Waals surface area contributed by atoms with Gasteiger partial charge >= 0.3 is 6.18 Å². The van der Waals surface area contributed by atoms with Crippen molar-refractivity contribution in [2.24, 2.45) is 5.92 Å². The molecular weight excluding hydrogens is 501 g/mol. The highest BCUT2D eigenvalue weighted by atomic mass is 35.5. The van der Waals surface area contributed by atoms with E-state index < -0.39 is 11.7 Å². The average molecular weight is 533 g/mol. The van der Waals surface area contributed by atoms with Crippen molar-refractivity contribution in [3.63, 3.8) is 0 Å². The van der Waals surface area contributed by atoms with E-state index >= 15 is 0 Å². The summed E-state index contributed by atoms with van der Waals surface area (Å²) in [5.74, 6) is 0.801. The van der Waals surface area contributed by atoms with Crippen LogP contribution in [0.2, 0.25) is 5.02 Å². The van der Waals surface area contributed by atoms with Gasteiger partial charge in [0.15, 0.2) is 0 Å². The molecule has 0 aliphatic carbocycles. The van der Waals surface area contributed by atoms with Crippen LogP contribution in [0.15, 0.2) is 42.5 Å². The Balaban J connectivity index is 1.16. The molecule has 2 heterocycles. The van der Waals surface area contributed by atoms with Crippen LogP contribution >= 0.6 is 11.6 Å². The Hall–Kier alpha value is -2.92. The Bertz CT molecular complexity index is 1100. The molecule has 5 nitrogen and oxygen atoms in total. The van der Waals surface area contributed by atoms with E-state index in [4.69, 9.17) is 16.9 Å². The number of carbonyl (C=O) groups is 1. The number of halogens is 4. The normalized spacial score (nSPS) is 17.5. The SMILES string of the molecule is N#Cc1ccc(NC2CCN(C(=O)CCCC3CCN(c4ccc(Cl)cc4)CC3)CC2)cc1C(F)(F)F. The van der Waals surface area contributed by atoms with E-state index in [1.165, 1.54) is 17.8 Å². The van der Waals surface area contributed by atoms with E-state index in [2.05, 4.69) is 22.3 Å². The fourth-order valence-electron chi connectivity index (χ4n) is 5.31. The third-order valence-electron chi connectivity index (χ3n) is 7.47. The number of rotatable bonds is 7. The number of anilines is 2. The summed E-state index contributed by atoms with van der Waals surface area (Å²) in [6.45, 7) is 3.23. The van der Waals surface area contributed by atoms with Crippen LogP contribution in [0, 0.1) is 17.2 Å². The first-order chi connectivity index (χ1) is 17.7. The Labute approximate surface area is 221 Å². The zero-order valence-electron chi connectivity index (χ0n) is 20.7. The number of nitrogens with zero attached hydrogens (tertiary/aromatic N) is 3. The molecule has 198 valence electrons. The molecule has 2 aromatic carbocycles. The van der Waals surface area contributed by atoms with Crippen LogP contribution in [-0.2, 0) is 11.0 Å². The van der Waals surface area contributed by atoms with Crippen molar-refractivity contribution < 1.29 is 18.0 Å². The molecule has 2 aromatic rings. The summed E-state index contributed by atoms with van der Waals surface area (Å²) in [4.78, 5) is 17.0. The van der Waals surface area contributed by atoms with Crippen molar-refractivity contribution in [2.75, 3.05) is 36.4 Å². The van der Waals surface area contributed by atoms with Gasteiger partial charge in [0.05, 0.1) is 17.2 Å². The topological polar surface area (TPSA) is 59.4 Å². The summed E-state index contributed by atoms with van der Waals surface area (Å²) in [5, 5.41) is 12.9. The Kier molecular flexibility index (Phi) is 8.86. The molecule has 2 aliphatic rings. The lowest BCUT2D eigenvalue weighted by atomic mass is 9.91. The Morgan fingerprint density at radius 3 is 2.32 bits per heavy atom. The molecule has 0 aromatic heterocycles. The van der Waals surface area contributed by atoms with Gasteiger partial charge in [-0.05, 0) is 86.9 Å². The molecule has 0 bridgehead atoms. The van der Waals surface area contributed by atoms with E-state index in [0.29, 0.717) is 44.0 Å². The zero-order chi connectivity index (χ0) is 26.4. The number of likely N-dealkylation sites (tertiary alicyclic amines) is 1. The minimum Gasteiger partial charge on any atom is -0.382 e. The number of nitrogens with one attached hydrogen (secondary N) is 1. The van der Waals surface area contributed by atoms with Crippen molar-refractivity contribution in [1.82, 2.24) is 4.90 Å². The molecule has 0 spiro atoms. The smallest absolute Gasteiger partial charge is 0.382 e. The Morgan fingerprint density at radius 2 is 1.70 bits per heavy atom. The summed E-state index contributed by atoms with van der Waals surface area (Å²) < 4.78 is 39.7. The van der Waals surface area contributed by atoms with E-state index in [1.807, 2.05) is 17.0 Å². The van der Waals surface area contributed by atoms with Crippen LogP contribution in [-0.4, -0.2) is 43.0 Å². The molecule has 2 aliphatic heterocycles. The fraction of sp³-hybridized carbons (Fsp3) is 0.500. The van der Waals surface area contributed by atoms with Crippen molar-refractivity contribution in [3.8, 4) is 6.07 Å². The number of amides is 1. The third kappa shape index (κ3) is 7.32. The molecule has 1 N–H and O–H groups in total. The second-order valence-corrected chi connectivity index (χ2v) is 10.4. The summed E-state index contributed by atoms with van der Waals surface area (Å²) >= 11 is 5.98. The van der Waals surface area contributed by atoms with Crippen LogP contribution in [0.3, 0.4) is 0 Å². The van der Waals surface area contributed by atoms with Gasteiger partial charge in [-0.2, -0.15) is 18.4 Å². The van der Waals surface area contributed by atoms with Crippen molar-refractivity contribution in [2.45, 2.75) is 57.2 Å². The van der Waals surface area contributed by atoms with Gasteiger partial charge < -0.3 is 15.1 Å². The summed E-state index contributed by atoms with van der Waals surface area (Å²) in [7, 11) is 0. The number of alkyl halides is 3. The molecule has 9 heteroatoms. The maximum absolute atomic E-state index is 13.2. The first kappa shape index (κ1) is 27.1. The second-order valence-electron chi connectivity index (χ2n) is 9.97. The standard InChI is InChI=1S/C28H32ClF3N4O/c29-22-5-8-25(9-6-22)35-14-10-20(11-15-35)2-1-3-27(37)36-16-12-23(13-17-36)34-24-7-4-21(19-33)26(18-24)28(30,31)32/h4-9,18,20,23,34H,1-3,10-17H2. The first-order valence-corrected chi connectivity index (χ1v) is 13.3. The van der Waals surface area contributed by atoms with Gasteiger partial charge in [-0.25, -0.2) is 0 Å². The predicted molar refractivity (Wildman–Crippen MR) is 140 cm³/mol. The minimum atomic E-state index is -4.58. The maximum Gasteiger partial charge on any atom is 0.417 e. The van der Waals surface area contributed by atoms with Gasteiger partial charge in [0.25, 0.3) is 0 Å². The van der Waals surface area contributed by atoms with Crippen molar-refractivity contribution >= 4 is 28.9 Å². The largest absolute Gasteiger partial charge is 0.417 e. The van der Waals surface area contributed by atoms with Crippen LogP contribution in [0.1, 0.15) is 56.1 Å². The molecular formula is C28H32ClF3N4O. The molecule has 1 amide bonds. The van der Waals surface area contributed by atoms with Crippen molar-refractivity contribution in [1.29, 1.82) is 5.26 Å². The van der Waals surface area contributed by atoms with Gasteiger partial charge in [0, 0.05) is 55.0 Å². The van der Waals surface area contributed by atoms with E-state index in [-0.39, 0.29) is 17.5 Å². The van der Waals surface area contributed by atoms with Gasteiger partial charge in [-0.1, -0.05) is 11.6 Å². The molecule has 0 unspecified atom stereocenters. The zero-order valence-corrected chi connectivity index (χ0v) is 21.5. The number of hydrogen-bond acceptors (Lipinski definition) is 4. The lowest BCUT2D eigenvalue weighted by molar-refractivity contribution is -0.137. The fourth-order valence-corrected chi connectivity index (χ4v) is 5.43. The van der Waals surface area contributed by atoms with Gasteiger partial charge in [0.1, 0.15) is 0 Å². The van der Waals surface area contributed by atoms with Crippen LogP contribution in [0.25, 0.3) is 0 Å². The molecule has 0 radical (unpaired) electrons. The van der Waals surface area contributed by atoms with Crippen molar-refractivity contribution in [3.05, 3.63) is 58.6 Å². The predicted octanol–water partition coefficient (Wildman–Crippen LogP) is 6.72. The minimum absolute atomic E-state index is 0.0103. The summed E-state index contributed by atoms with van der Waals surface area (Å²) in [6, 6.07) is 13.3. The van der Waals surface area contributed by atoms with Crippen LogP contribution in [0.5, 0.6) is 0 Å². The monoisotopic (exact) mass is 532 g/mol. The molecule has 2 fully saturated rings. The van der Waals surface area contributed by atoms with E-state index in [1.54, 1.807) is 6.07 Å². The highest BCUT2D eigenvalue weighted by Gasteiger charge is 2.34. The first-order valence-electron chi connectivity index (χ1n) is 12.9. The van der Waals surface area contributed by atoms with Gasteiger partial charge in [-0.15, -0.1) is 0 Å². The van der Waals surface area contributed by atoms with Gasteiger partial charge in [0.2, 0.25) is 5.91 Å². The maximum atomic E-state index is 13.2. The average Bonchev–Trinajstić information content (AvgIpc) is 2.89. The van der Waals surface area contributed by atoms with Crippen LogP contribution < -0.4 is 10.2 Å². The molecule has 0 saturated carbocycles. The van der Waals surface area contributed by atoms with E-state index in [0.717, 1.165) is 49.9 Å². The van der Waals surface area contributed by atoms with Gasteiger partial charge in [-0.3, -0.25) is 4.79 Å². The van der Waals surface area contributed by atoms with E-state index in [9.17, 15) is 18.0 Å². The molecule has 2 saturated heterocycles. The number of hydrogen-bond donors (Lipinski definition) is 1. The molecule has 37 heavy (non-hydrogen) atoms. The third-order valence-corrected chi connectivity index (χ3v) is 7.73. The summed E-state index contributed by atoms with van der Waals surface area (Å²) in [5.41, 5.74) is 0.239. The Morgan fingerprint density at radius 1 is 1.03 bits per heavy atom. The highest BCUT2D eigenvalue weighted by molar-refractivity contribution is 6.30. The lowest BCUT2D eigenvalue weighted by Crippen LogP contribution is -2.42. The quantitative estimate of drug-likeness (QED) is 0.430. The highest BCUT2D eigenvalue weighted by Crippen LogP contribution is 2.34. The lowest BCUT2D eigenvalue weighted by Gasteiger charge is -2.34. The van der Waals surface area contributed by atoms with Crippen LogP contribution in [0.4, 0.5) is 24.5 Å². The number of carbonyl (C=O) groups excluding carboxylic acids is 1. The molecule has 0 atom stereocenters. The number of benzene rings is 2. The number of piperidine rings is 2. The number of nitriles is 1. The summed E-state index contributed by atoms with van der Waals surface area (Å²) in [6.07, 6.45) is 1.50. The second kappa shape index (κ2) is 12.1. The molecule has 4 rings (SSSR count).